The standard InChI is InChI=1S/C23H26N2O6/c1-5-30-22(26)20-19(14-31-18-12-10-17(29-4)11-13-18)25(2)23(27)24-21(20)15-6-8-16(28-3)9-7-15/h6-13,21H,5,14H2,1-4H3,(H,24,27). The number of rotatable bonds is 8. The normalized spacial score (nSPS) is 15.9. The number of methoxy groups -OCH3 is 2. The van der Waals surface area contributed by atoms with E-state index in [9.17, 15) is 9.59 Å². The Balaban J connectivity index is 1.98. The van der Waals surface area contributed by atoms with Crippen LogP contribution >= 0.6 is 0 Å². The molecule has 1 atom stereocenters. The molecule has 0 bridgehead atoms. The van der Waals surface area contributed by atoms with Crippen molar-refractivity contribution in [3.05, 3.63) is 65.4 Å². The quantitative estimate of drug-likeness (QED) is 0.652. The zero-order valence-electron chi connectivity index (χ0n) is 18.0. The largest absolute Gasteiger partial charge is 0.497 e. The fourth-order valence-electron chi connectivity index (χ4n) is 3.25. The summed E-state index contributed by atoms with van der Waals surface area (Å²) in [4.78, 5) is 26.9. The predicted octanol–water partition coefficient (Wildman–Crippen LogP) is 3.30. The summed E-state index contributed by atoms with van der Waals surface area (Å²) in [7, 11) is 4.75. The molecule has 8 nitrogen and oxygen atoms in total. The third kappa shape index (κ3) is 4.91. The molecule has 1 heterocycles. The van der Waals surface area contributed by atoms with Crippen LogP contribution in [-0.2, 0) is 9.53 Å². The van der Waals surface area contributed by atoms with Gasteiger partial charge < -0.3 is 24.3 Å². The SMILES string of the molecule is CCOC(=O)C1=C(COc2ccc(OC)cc2)N(C)C(=O)NC1c1ccc(OC)cc1. The fraction of sp³-hybridized carbons (Fsp3) is 0.304. The van der Waals surface area contributed by atoms with Gasteiger partial charge in [0.1, 0.15) is 23.9 Å². The minimum atomic E-state index is -0.678. The summed E-state index contributed by atoms with van der Waals surface area (Å²) < 4.78 is 21.5. The molecule has 0 saturated heterocycles. The van der Waals surface area contributed by atoms with Gasteiger partial charge in [0, 0.05) is 7.05 Å². The minimum Gasteiger partial charge on any atom is -0.497 e. The molecular formula is C23H26N2O6. The second kappa shape index (κ2) is 9.88. The van der Waals surface area contributed by atoms with E-state index in [1.54, 1.807) is 76.7 Å². The van der Waals surface area contributed by atoms with E-state index >= 15 is 0 Å². The molecular weight excluding hydrogens is 400 g/mol. The fourth-order valence-corrected chi connectivity index (χ4v) is 3.25. The number of hydrogen-bond donors (Lipinski definition) is 1. The van der Waals surface area contributed by atoms with Gasteiger partial charge in [-0.2, -0.15) is 0 Å². The summed E-state index contributed by atoms with van der Waals surface area (Å²) in [6.07, 6.45) is 0. The van der Waals surface area contributed by atoms with E-state index in [1.165, 1.54) is 4.90 Å². The Hall–Kier alpha value is -3.68. The molecule has 0 spiro atoms. The number of nitrogens with one attached hydrogen (secondary N) is 1. The monoisotopic (exact) mass is 426 g/mol. The first kappa shape index (κ1) is 22.0. The smallest absolute Gasteiger partial charge is 0.338 e. The molecule has 1 unspecified atom stereocenters. The summed E-state index contributed by atoms with van der Waals surface area (Å²) in [6.45, 7) is 1.96. The molecule has 2 amide bonds. The Kier molecular flexibility index (Phi) is 7.02. The maximum atomic E-state index is 12.9. The maximum absolute atomic E-state index is 12.9. The van der Waals surface area contributed by atoms with Gasteiger partial charge in [-0.3, -0.25) is 4.90 Å². The molecule has 1 N–H and O–H groups in total. The minimum absolute atomic E-state index is 0.0110. The van der Waals surface area contributed by atoms with Gasteiger partial charge in [-0.1, -0.05) is 12.1 Å². The van der Waals surface area contributed by atoms with Crippen LogP contribution in [0.25, 0.3) is 0 Å². The third-order valence-electron chi connectivity index (χ3n) is 4.96. The van der Waals surface area contributed by atoms with Crippen molar-refractivity contribution in [3.63, 3.8) is 0 Å². The highest BCUT2D eigenvalue weighted by molar-refractivity contribution is 5.95. The van der Waals surface area contributed by atoms with Crippen molar-refractivity contribution >= 4 is 12.0 Å². The number of likely N-dealkylation sites (N-methyl/N-ethyl adjacent to an activating group) is 1. The van der Waals surface area contributed by atoms with Gasteiger partial charge in [-0.25, -0.2) is 9.59 Å². The van der Waals surface area contributed by atoms with Crippen LogP contribution < -0.4 is 19.5 Å². The first-order chi connectivity index (χ1) is 15.0. The van der Waals surface area contributed by atoms with Crippen LogP contribution in [0.3, 0.4) is 0 Å². The molecule has 0 fully saturated rings. The Morgan fingerprint density at radius 3 is 2.06 bits per heavy atom. The number of carbonyl (C=O) groups is 2. The Bertz CT molecular complexity index is 953. The van der Waals surface area contributed by atoms with Crippen molar-refractivity contribution in [2.45, 2.75) is 13.0 Å². The second-order valence-corrected chi connectivity index (χ2v) is 6.76. The number of nitrogens with zero attached hydrogens (tertiary/aromatic N) is 1. The number of hydrogen-bond acceptors (Lipinski definition) is 6. The molecule has 1 aliphatic heterocycles. The van der Waals surface area contributed by atoms with Crippen molar-refractivity contribution in [3.8, 4) is 17.2 Å². The van der Waals surface area contributed by atoms with Crippen molar-refractivity contribution < 1.29 is 28.5 Å². The molecule has 1 aliphatic rings. The van der Waals surface area contributed by atoms with E-state index in [1.807, 2.05) is 0 Å². The van der Waals surface area contributed by atoms with Crippen molar-refractivity contribution in [1.82, 2.24) is 10.2 Å². The lowest BCUT2D eigenvalue weighted by atomic mass is 9.94. The van der Waals surface area contributed by atoms with E-state index < -0.39 is 12.0 Å². The highest BCUT2D eigenvalue weighted by Gasteiger charge is 2.37. The topological polar surface area (TPSA) is 86.3 Å². The molecule has 0 radical (unpaired) electrons. The molecule has 2 aromatic carbocycles. The highest BCUT2D eigenvalue weighted by Crippen LogP contribution is 2.32. The molecule has 0 aliphatic carbocycles. The summed E-state index contributed by atoms with van der Waals surface area (Å²) in [5, 5.41) is 2.87. The number of benzene rings is 2. The number of urea groups is 1. The lowest BCUT2D eigenvalue weighted by molar-refractivity contribution is -0.139. The van der Waals surface area contributed by atoms with Crippen LogP contribution in [0, 0.1) is 0 Å². The molecule has 31 heavy (non-hydrogen) atoms. The zero-order valence-corrected chi connectivity index (χ0v) is 18.0. The lowest BCUT2D eigenvalue weighted by Gasteiger charge is -2.34. The Morgan fingerprint density at radius 1 is 0.968 bits per heavy atom. The first-order valence-corrected chi connectivity index (χ1v) is 9.83. The average Bonchev–Trinajstić information content (AvgIpc) is 2.80. The van der Waals surface area contributed by atoms with Crippen LogP contribution in [0.15, 0.2) is 59.8 Å². The van der Waals surface area contributed by atoms with Gasteiger partial charge >= 0.3 is 12.0 Å². The van der Waals surface area contributed by atoms with E-state index in [-0.39, 0.29) is 19.2 Å². The second-order valence-electron chi connectivity index (χ2n) is 6.76. The Morgan fingerprint density at radius 2 is 1.52 bits per heavy atom. The predicted molar refractivity (Wildman–Crippen MR) is 114 cm³/mol. The Labute approximate surface area is 181 Å². The van der Waals surface area contributed by atoms with Gasteiger partial charge in [0.2, 0.25) is 0 Å². The average molecular weight is 426 g/mol. The number of esters is 1. The van der Waals surface area contributed by atoms with Crippen LogP contribution in [0.4, 0.5) is 4.79 Å². The molecule has 164 valence electrons. The number of amides is 2. The first-order valence-electron chi connectivity index (χ1n) is 9.83. The van der Waals surface area contributed by atoms with E-state index in [2.05, 4.69) is 5.32 Å². The summed E-state index contributed by atoms with van der Waals surface area (Å²) in [5.41, 5.74) is 1.48. The van der Waals surface area contributed by atoms with E-state index in [0.717, 1.165) is 5.56 Å². The molecule has 8 heteroatoms. The summed E-state index contributed by atoms with van der Waals surface area (Å²) in [6, 6.07) is 13.2. The summed E-state index contributed by atoms with van der Waals surface area (Å²) in [5.74, 6) is 1.45. The van der Waals surface area contributed by atoms with E-state index in [4.69, 9.17) is 18.9 Å². The molecule has 0 saturated carbocycles. The van der Waals surface area contributed by atoms with Crippen LogP contribution in [0.1, 0.15) is 18.5 Å². The van der Waals surface area contributed by atoms with Crippen molar-refractivity contribution in [2.75, 3.05) is 34.5 Å². The van der Waals surface area contributed by atoms with Crippen molar-refractivity contribution in [2.24, 2.45) is 0 Å². The maximum Gasteiger partial charge on any atom is 0.338 e. The summed E-state index contributed by atoms with van der Waals surface area (Å²) >= 11 is 0. The van der Waals surface area contributed by atoms with Gasteiger partial charge in [0.25, 0.3) is 0 Å². The van der Waals surface area contributed by atoms with Crippen LogP contribution in [0.5, 0.6) is 17.2 Å². The van der Waals surface area contributed by atoms with Crippen molar-refractivity contribution in [1.29, 1.82) is 0 Å². The zero-order chi connectivity index (χ0) is 22.4. The molecule has 0 aromatic heterocycles. The molecule has 2 aromatic rings. The van der Waals surface area contributed by atoms with Gasteiger partial charge in [-0.05, 0) is 48.9 Å². The number of ether oxygens (including phenoxy) is 4. The highest BCUT2D eigenvalue weighted by atomic mass is 16.5. The van der Waals surface area contributed by atoms with Crippen LogP contribution in [-0.4, -0.2) is 51.4 Å². The van der Waals surface area contributed by atoms with Gasteiger partial charge in [0.05, 0.1) is 38.1 Å². The van der Waals surface area contributed by atoms with Crippen LogP contribution in [0.2, 0.25) is 0 Å². The van der Waals surface area contributed by atoms with Gasteiger partial charge in [0.15, 0.2) is 0 Å². The third-order valence-corrected chi connectivity index (χ3v) is 4.96. The molecule has 3 rings (SSSR count). The number of carbonyl (C=O) groups excluding carboxylic acids is 2. The van der Waals surface area contributed by atoms with E-state index in [0.29, 0.717) is 28.5 Å². The van der Waals surface area contributed by atoms with Gasteiger partial charge in [-0.15, -0.1) is 0 Å². The lowest BCUT2D eigenvalue weighted by Crippen LogP contribution is -2.48.